The number of thioether (sulfide) groups is 1. The third-order valence-corrected chi connectivity index (χ3v) is 6.29. The molecule has 0 bridgehead atoms. The predicted molar refractivity (Wildman–Crippen MR) is 71.9 cm³/mol. The van der Waals surface area contributed by atoms with E-state index in [0.29, 0.717) is 0 Å². The molecule has 0 radical (unpaired) electrons. The van der Waals surface area contributed by atoms with Crippen molar-refractivity contribution in [1.29, 1.82) is 0 Å². The number of halogens is 2. The Hall–Kier alpha value is -0.640. The number of aliphatic carboxylic acids is 1. The van der Waals surface area contributed by atoms with Crippen molar-refractivity contribution in [3.05, 3.63) is 28.5 Å². The quantitative estimate of drug-likeness (QED) is 0.877. The molecule has 0 spiro atoms. The van der Waals surface area contributed by atoms with Gasteiger partial charge in [-0.25, -0.2) is 12.8 Å². The summed E-state index contributed by atoms with van der Waals surface area (Å²) in [5.74, 6) is -1.67. The molecule has 19 heavy (non-hydrogen) atoms. The van der Waals surface area contributed by atoms with Crippen LogP contribution in [0.4, 0.5) is 4.39 Å². The van der Waals surface area contributed by atoms with Gasteiger partial charge in [0.25, 0.3) is 0 Å². The highest BCUT2D eigenvalue weighted by Crippen LogP contribution is 2.29. The molecule has 1 aromatic carbocycles. The minimum Gasteiger partial charge on any atom is -0.480 e. The van der Waals surface area contributed by atoms with E-state index in [2.05, 4.69) is 15.9 Å². The molecule has 0 saturated carbocycles. The Balaban J connectivity index is 2.42. The van der Waals surface area contributed by atoms with Gasteiger partial charge in [-0.2, -0.15) is 4.31 Å². The Morgan fingerprint density at radius 3 is 2.79 bits per heavy atom. The van der Waals surface area contributed by atoms with E-state index in [1.807, 2.05) is 0 Å². The summed E-state index contributed by atoms with van der Waals surface area (Å²) in [6, 6.07) is 2.29. The van der Waals surface area contributed by atoms with Crippen molar-refractivity contribution in [2.24, 2.45) is 0 Å². The van der Waals surface area contributed by atoms with Gasteiger partial charge in [0.2, 0.25) is 10.0 Å². The topological polar surface area (TPSA) is 74.7 Å². The number of hydrogen-bond acceptors (Lipinski definition) is 4. The molecule has 2 rings (SSSR count). The van der Waals surface area contributed by atoms with Crippen molar-refractivity contribution in [3.8, 4) is 0 Å². The molecule has 1 aliphatic rings. The second-order valence-electron chi connectivity index (χ2n) is 3.82. The van der Waals surface area contributed by atoms with Gasteiger partial charge in [-0.05, 0) is 34.1 Å². The molecule has 1 atom stereocenters. The number of carbonyl (C=O) groups is 1. The molecule has 0 aliphatic carbocycles. The second-order valence-corrected chi connectivity index (χ2v) is 7.57. The standard InChI is InChI=1S/C10H9BrFNO4S2/c11-7-2-1-6(3-8(7)12)19(16,17)13-5-18-4-9(13)10(14)15/h1-3,9H,4-5H2,(H,14,15). The van der Waals surface area contributed by atoms with Crippen LogP contribution in [0.1, 0.15) is 0 Å². The van der Waals surface area contributed by atoms with E-state index in [-0.39, 0.29) is 21.0 Å². The SMILES string of the molecule is O=C(O)C1CSCN1S(=O)(=O)c1ccc(Br)c(F)c1. The second kappa shape index (κ2) is 5.39. The summed E-state index contributed by atoms with van der Waals surface area (Å²) in [5.41, 5.74) is 0. The molecule has 1 aromatic rings. The minimum atomic E-state index is -4.00. The van der Waals surface area contributed by atoms with Gasteiger partial charge in [0, 0.05) is 5.75 Å². The van der Waals surface area contributed by atoms with Crippen molar-refractivity contribution < 1.29 is 22.7 Å². The van der Waals surface area contributed by atoms with Gasteiger partial charge in [0.15, 0.2) is 0 Å². The normalized spacial score (nSPS) is 20.6. The number of rotatable bonds is 3. The fourth-order valence-electron chi connectivity index (χ4n) is 1.63. The van der Waals surface area contributed by atoms with Crippen LogP contribution in [0, 0.1) is 5.82 Å². The van der Waals surface area contributed by atoms with Gasteiger partial charge in [0.1, 0.15) is 11.9 Å². The summed E-state index contributed by atoms with van der Waals surface area (Å²) < 4.78 is 39.0. The number of sulfonamides is 1. The first kappa shape index (κ1) is 14.8. The monoisotopic (exact) mass is 369 g/mol. The molecule has 1 N–H and O–H groups in total. The van der Waals surface area contributed by atoms with Crippen molar-refractivity contribution in [2.75, 3.05) is 11.6 Å². The van der Waals surface area contributed by atoms with Crippen LogP contribution in [-0.2, 0) is 14.8 Å². The molecular weight excluding hydrogens is 361 g/mol. The lowest BCUT2D eigenvalue weighted by molar-refractivity contribution is -0.140. The zero-order valence-electron chi connectivity index (χ0n) is 9.42. The van der Waals surface area contributed by atoms with Crippen LogP contribution in [0.15, 0.2) is 27.6 Å². The summed E-state index contributed by atoms with van der Waals surface area (Å²) in [6.07, 6.45) is 0. The Morgan fingerprint density at radius 1 is 1.53 bits per heavy atom. The molecule has 0 amide bonds. The molecule has 1 saturated heterocycles. The highest BCUT2D eigenvalue weighted by molar-refractivity contribution is 9.10. The number of benzene rings is 1. The summed E-state index contributed by atoms with van der Waals surface area (Å²) in [7, 11) is -4.00. The molecule has 0 aromatic heterocycles. The highest BCUT2D eigenvalue weighted by atomic mass is 79.9. The van der Waals surface area contributed by atoms with Gasteiger partial charge >= 0.3 is 5.97 Å². The molecule has 1 heterocycles. The number of carboxylic acids is 1. The van der Waals surface area contributed by atoms with Gasteiger partial charge in [-0.15, -0.1) is 11.8 Å². The van der Waals surface area contributed by atoms with E-state index in [1.165, 1.54) is 23.9 Å². The van der Waals surface area contributed by atoms with E-state index in [9.17, 15) is 17.6 Å². The number of nitrogens with zero attached hydrogens (tertiary/aromatic N) is 1. The van der Waals surface area contributed by atoms with Crippen LogP contribution in [0.25, 0.3) is 0 Å². The average Bonchev–Trinajstić information content (AvgIpc) is 2.82. The Labute approximate surface area is 122 Å². The summed E-state index contributed by atoms with van der Waals surface area (Å²) >= 11 is 4.14. The van der Waals surface area contributed by atoms with E-state index < -0.39 is 27.9 Å². The van der Waals surface area contributed by atoms with Gasteiger partial charge in [-0.3, -0.25) is 4.79 Å². The first-order valence-corrected chi connectivity index (χ1v) is 8.50. The molecule has 1 aliphatic heterocycles. The van der Waals surface area contributed by atoms with Gasteiger partial charge in [0.05, 0.1) is 15.2 Å². The lowest BCUT2D eigenvalue weighted by Crippen LogP contribution is -2.41. The zero-order valence-corrected chi connectivity index (χ0v) is 12.6. The van der Waals surface area contributed by atoms with E-state index in [1.54, 1.807) is 0 Å². The van der Waals surface area contributed by atoms with Gasteiger partial charge in [-0.1, -0.05) is 0 Å². The first-order valence-electron chi connectivity index (χ1n) is 5.11. The molecule has 104 valence electrons. The lowest BCUT2D eigenvalue weighted by atomic mass is 10.3. The van der Waals surface area contributed by atoms with Crippen LogP contribution >= 0.6 is 27.7 Å². The molecule has 1 fully saturated rings. The molecule has 1 unspecified atom stereocenters. The fraction of sp³-hybridized carbons (Fsp3) is 0.300. The summed E-state index contributed by atoms with van der Waals surface area (Å²) in [5, 5.41) is 8.99. The van der Waals surface area contributed by atoms with Crippen LogP contribution < -0.4 is 0 Å². The fourth-order valence-corrected chi connectivity index (χ4v) is 5.03. The van der Waals surface area contributed by atoms with Gasteiger partial charge < -0.3 is 5.11 Å². The molecule has 5 nitrogen and oxygen atoms in total. The molecular formula is C10H9BrFNO4S2. The summed E-state index contributed by atoms with van der Waals surface area (Å²) in [6.45, 7) is 0. The highest BCUT2D eigenvalue weighted by Gasteiger charge is 2.40. The van der Waals surface area contributed by atoms with Crippen molar-refractivity contribution in [1.82, 2.24) is 4.31 Å². The third kappa shape index (κ3) is 2.78. The zero-order chi connectivity index (χ0) is 14.2. The number of carboxylic acid groups (broad SMARTS) is 1. The van der Waals surface area contributed by atoms with E-state index in [0.717, 1.165) is 10.4 Å². The third-order valence-electron chi connectivity index (χ3n) is 2.62. The van der Waals surface area contributed by atoms with Crippen LogP contribution in [-0.4, -0.2) is 41.5 Å². The van der Waals surface area contributed by atoms with Crippen LogP contribution in [0.5, 0.6) is 0 Å². The Morgan fingerprint density at radius 2 is 2.21 bits per heavy atom. The number of hydrogen-bond donors (Lipinski definition) is 1. The van der Waals surface area contributed by atoms with Crippen molar-refractivity contribution in [2.45, 2.75) is 10.9 Å². The largest absolute Gasteiger partial charge is 0.480 e. The minimum absolute atomic E-state index is 0.0526. The Bertz CT molecular complexity index is 622. The average molecular weight is 370 g/mol. The maximum Gasteiger partial charge on any atom is 0.322 e. The van der Waals surface area contributed by atoms with Crippen LogP contribution in [0.2, 0.25) is 0 Å². The lowest BCUT2D eigenvalue weighted by Gasteiger charge is -2.20. The summed E-state index contributed by atoms with van der Waals surface area (Å²) in [4.78, 5) is 10.8. The predicted octanol–water partition coefficient (Wildman–Crippen LogP) is 1.74. The van der Waals surface area contributed by atoms with Crippen molar-refractivity contribution >= 4 is 43.7 Å². The first-order chi connectivity index (χ1) is 8.84. The maximum absolute atomic E-state index is 13.4. The van der Waals surface area contributed by atoms with E-state index >= 15 is 0 Å². The smallest absolute Gasteiger partial charge is 0.322 e. The molecule has 9 heteroatoms. The van der Waals surface area contributed by atoms with Crippen molar-refractivity contribution in [3.63, 3.8) is 0 Å². The van der Waals surface area contributed by atoms with E-state index in [4.69, 9.17) is 5.11 Å². The van der Waals surface area contributed by atoms with Crippen LogP contribution in [0.3, 0.4) is 0 Å². The Kier molecular flexibility index (Phi) is 4.19. The maximum atomic E-state index is 13.4.